The summed E-state index contributed by atoms with van der Waals surface area (Å²) in [5.74, 6) is 1.10. The van der Waals surface area contributed by atoms with Crippen molar-refractivity contribution in [2.24, 2.45) is 0 Å². The Balaban J connectivity index is 0.0000000829. The summed E-state index contributed by atoms with van der Waals surface area (Å²) in [6.07, 6.45) is 28.0. The third-order valence-electron chi connectivity index (χ3n) is 34.2. The Labute approximate surface area is 812 Å². The average molecular weight is 1790 g/mol. The van der Waals surface area contributed by atoms with Crippen LogP contribution in [0, 0.1) is 0 Å². The van der Waals surface area contributed by atoms with Gasteiger partial charge >= 0.3 is 0 Å². The normalized spacial score (nSPS) is 14.9. The highest BCUT2D eigenvalue weighted by atomic mass is 15.2. The van der Waals surface area contributed by atoms with E-state index in [4.69, 9.17) is 9.97 Å². The minimum Gasteiger partial charge on any atom is -0.309 e. The van der Waals surface area contributed by atoms with Gasteiger partial charge in [-0.3, -0.25) is 19.9 Å². The second-order valence-corrected chi connectivity index (χ2v) is 41.5. The van der Waals surface area contributed by atoms with Gasteiger partial charge in [-0.15, -0.1) is 0 Å². The maximum Gasteiger partial charge on any atom is 0.141 e. The predicted molar refractivity (Wildman–Crippen MR) is 564 cm³/mol. The molecule has 8 nitrogen and oxygen atoms in total. The van der Waals surface area contributed by atoms with E-state index in [2.05, 4.69) is 345 Å². The summed E-state index contributed by atoms with van der Waals surface area (Å²) >= 11 is 0. The molecule has 20 aromatic rings. The molecule has 0 N–H and O–H groups in total. The van der Waals surface area contributed by atoms with E-state index in [9.17, 15) is 0 Å². The van der Waals surface area contributed by atoms with Crippen molar-refractivity contribution in [2.45, 2.75) is 103 Å². The first-order chi connectivity index (χ1) is 69.3. The summed E-state index contributed by atoms with van der Waals surface area (Å²) in [4.78, 5) is 29.1. The quantitative estimate of drug-likeness (QED) is 0.149. The Morgan fingerprint density at radius 1 is 0.157 bits per heavy atom. The molecule has 36 rings (SSSR count). The maximum atomic E-state index is 4.94. The third-order valence-corrected chi connectivity index (χ3v) is 34.2. The molecule has 8 heteroatoms. The fourth-order valence-corrected chi connectivity index (χ4v) is 28.5. The molecule has 0 radical (unpaired) electrons. The molecule has 0 spiro atoms. The van der Waals surface area contributed by atoms with Gasteiger partial charge in [0.25, 0.3) is 0 Å². The second-order valence-electron chi connectivity index (χ2n) is 41.5. The van der Waals surface area contributed by atoms with Crippen molar-refractivity contribution in [2.75, 3.05) is 19.6 Å². The van der Waals surface area contributed by atoms with Crippen LogP contribution in [0.1, 0.15) is 178 Å². The van der Waals surface area contributed by atoms with Gasteiger partial charge in [0.1, 0.15) is 5.82 Å². The monoisotopic (exact) mass is 1780 g/mol. The van der Waals surface area contributed by atoms with Gasteiger partial charge in [0.2, 0.25) is 0 Å². The first kappa shape index (κ1) is 76.5. The van der Waals surface area contributed by atoms with E-state index in [1.165, 1.54) is 330 Å². The number of benzene rings is 16. The van der Waals surface area contributed by atoms with Gasteiger partial charge in [0.15, 0.2) is 0 Å². The van der Waals surface area contributed by atoms with Crippen LogP contribution in [0.25, 0.3) is 89.0 Å². The van der Waals surface area contributed by atoms with Crippen LogP contribution in [0.4, 0.5) is 68.4 Å². The summed E-state index contributed by atoms with van der Waals surface area (Å²) in [5.41, 5.74) is 83.4. The van der Waals surface area contributed by atoms with Crippen molar-refractivity contribution >= 4 is 68.4 Å². The number of fused-ring (bicyclic) bond motifs is 44. The molecule has 8 aliphatic carbocycles. The summed E-state index contributed by atoms with van der Waals surface area (Å²) in [6.45, 7) is 0. The smallest absolute Gasteiger partial charge is 0.141 e. The largest absolute Gasteiger partial charge is 0.309 e. The van der Waals surface area contributed by atoms with Crippen LogP contribution in [-0.2, 0) is 103 Å². The lowest BCUT2D eigenvalue weighted by Crippen LogP contribution is -2.26. The van der Waals surface area contributed by atoms with Crippen LogP contribution in [0.5, 0.6) is 0 Å². The molecule has 16 aliphatic rings. The van der Waals surface area contributed by atoms with Crippen LogP contribution < -0.4 is 19.6 Å². The van der Waals surface area contributed by atoms with Crippen molar-refractivity contribution in [1.82, 2.24) is 19.9 Å². The lowest BCUT2D eigenvalue weighted by atomic mass is 9.81. The van der Waals surface area contributed by atoms with Gasteiger partial charge in [-0.1, -0.05) is 243 Å². The van der Waals surface area contributed by atoms with Crippen molar-refractivity contribution in [3.63, 3.8) is 0 Å². The molecular weight excluding hydrogens is 1700 g/mol. The van der Waals surface area contributed by atoms with Gasteiger partial charge < -0.3 is 14.7 Å². The SMILES string of the molecule is c1ccc2c(c1)Cc1cc3c(cc1-2)N1c2cccnc2Cc2c4c(cc(c21)C3)Cc1ccccc1-4.c1ccc2c(c1)Cc1cc3c(cc1-2)N1c2ccncc2Cc2c4c(cc(c21)C3)Cc1ccccc1-4.c1ccc2c(c1)Cc1cc3c(cc1-2)N1c2cnccc2Cc2c4c(cc(c21)C3)Cc1ccccc1-4.c1ccc2c(c1)Cc1cc3c(cc1-2)N1c2ncccc2Cc2c4c(cc(c21)C3)-c1ccccc1C4. The van der Waals surface area contributed by atoms with Crippen LogP contribution in [-0.4, -0.2) is 19.9 Å². The van der Waals surface area contributed by atoms with Crippen molar-refractivity contribution in [1.29, 1.82) is 0 Å². The summed E-state index contributed by atoms with van der Waals surface area (Å²) in [7, 11) is 0. The average Bonchev–Trinajstić information content (AvgIpc) is 1.17. The minimum absolute atomic E-state index is 0.898. The van der Waals surface area contributed by atoms with Gasteiger partial charge in [0, 0.05) is 82.4 Å². The van der Waals surface area contributed by atoms with Crippen LogP contribution in [0.15, 0.2) is 340 Å². The van der Waals surface area contributed by atoms with E-state index in [0.717, 1.165) is 109 Å². The highest BCUT2D eigenvalue weighted by Crippen LogP contribution is 2.64. The number of pyridine rings is 4. The van der Waals surface area contributed by atoms with Gasteiger partial charge in [-0.2, -0.15) is 0 Å². The number of anilines is 12. The molecule has 0 saturated carbocycles. The molecular formula is C132H88N8. The van der Waals surface area contributed by atoms with E-state index in [0.29, 0.717) is 0 Å². The van der Waals surface area contributed by atoms with E-state index in [1.54, 1.807) is 0 Å². The Morgan fingerprint density at radius 3 is 0.957 bits per heavy atom. The number of hydrogen-bond donors (Lipinski definition) is 0. The predicted octanol–water partition coefficient (Wildman–Crippen LogP) is 30.0. The molecule has 12 heterocycles. The van der Waals surface area contributed by atoms with Crippen molar-refractivity contribution < 1.29 is 0 Å². The topological polar surface area (TPSA) is 64.5 Å². The standard InChI is InChI=1S/4C33H22N2/c1-3-9-25-19(6-1)12-22-13-23-14-24-17-28-26-10-4-2-7-20(26)15-29(28)30-16-21-8-5-11-34-33(21)35(32(24)30)31(23)18-27(22)25;1-3-8-25-19(6-1)12-21-14-22-15-24-16-23-13-20-7-2-4-9-26(20)32(23)28-17-29-30(10-5-11-34-29)35(33(24)28)31(22)18-27(21)25;1-3-7-26-19(5-1)11-21-13-22-14-24-15-23-12-20-6-2-4-8-27(20)32(23)29-16-25-18-34-10-9-30(25)35(33(24)29)31(22)17-28(21)26;1-3-7-26-19(5-1)11-22-13-23-14-25-15-24-12-20-6-2-4-8-27(20)32(24)29-16-21-9-10-34-18-31(21)35(33(25)29)30(23)17-28(22)26/h1-11,13,17-18H,12,14-16H2;1-11,14,16,18H,12-13,15,17H2;2*1-10,13,15,17-18H,11-12,14,16H2. The Hall–Kier alpha value is -16.7. The minimum atomic E-state index is 0.898. The number of nitrogens with zero attached hydrogens (tertiary/aromatic N) is 8. The molecule has 0 fully saturated rings. The Morgan fingerprint density at radius 2 is 0.479 bits per heavy atom. The molecule has 0 amide bonds. The van der Waals surface area contributed by atoms with E-state index in [-0.39, 0.29) is 0 Å². The molecule has 0 atom stereocenters. The molecule has 0 saturated heterocycles. The van der Waals surface area contributed by atoms with Crippen LogP contribution >= 0.6 is 0 Å². The highest BCUT2D eigenvalue weighted by Gasteiger charge is 2.45. The van der Waals surface area contributed by atoms with Gasteiger partial charge in [-0.25, -0.2) is 4.98 Å². The summed E-state index contributed by atoms with van der Waals surface area (Å²) < 4.78 is 0. The van der Waals surface area contributed by atoms with E-state index >= 15 is 0 Å². The zero-order valence-corrected chi connectivity index (χ0v) is 77.2. The zero-order chi connectivity index (χ0) is 90.7. The number of aromatic nitrogens is 4. The fraction of sp³-hybridized carbons (Fsp3) is 0.121. The summed E-state index contributed by atoms with van der Waals surface area (Å²) in [5, 5.41) is 0. The van der Waals surface area contributed by atoms with Crippen LogP contribution in [0.2, 0.25) is 0 Å². The molecule has 8 aliphatic heterocycles. The number of rotatable bonds is 0. The van der Waals surface area contributed by atoms with Gasteiger partial charge in [0.05, 0.1) is 74.5 Å². The molecule has 16 aromatic carbocycles. The molecule has 656 valence electrons. The maximum absolute atomic E-state index is 4.94. The second kappa shape index (κ2) is 28.5. The summed E-state index contributed by atoms with van der Waals surface area (Å²) in [6, 6.07) is 114. The Kier molecular flexibility index (Phi) is 15.6. The van der Waals surface area contributed by atoms with E-state index < -0.39 is 0 Å². The van der Waals surface area contributed by atoms with E-state index in [1.807, 2.05) is 24.8 Å². The molecule has 140 heavy (non-hydrogen) atoms. The van der Waals surface area contributed by atoms with Crippen molar-refractivity contribution in [3.8, 4) is 89.0 Å². The lowest BCUT2D eigenvalue weighted by Gasteiger charge is -2.40. The third kappa shape index (κ3) is 10.8. The molecule has 0 bridgehead atoms. The number of hydrogen-bond acceptors (Lipinski definition) is 8. The Bertz CT molecular complexity index is 8510. The van der Waals surface area contributed by atoms with Crippen molar-refractivity contribution in [3.05, 3.63) is 519 Å². The first-order valence-corrected chi connectivity index (χ1v) is 50.3. The molecule has 0 unspecified atom stereocenters. The zero-order valence-electron chi connectivity index (χ0n) is 77.2. The first-order valence-electron chi connectivity index (χ1n) is 50.3. The molecule has 4 aromatic heterocycles. The highest BCUT2D eigenvalue weighted by molar-refractivity contribution is 6.03. The lowest BCUT2D eigenvalue weighted by molar-refractivity contribution is 0.966. The van der Waals surface area contributed by atoms with Gasteiger partial charge in [-0.05, 0) is 374 Å². The fourth-order valence-electron chi connectivity index (χ4n) is 28.5. The van der Waals surface area contributed by atoms with Crippen LogP contribution in [0.3, 0.4) is 0 Å².